The van der Waals surface area contributed by atoms with Crippen LogP contribution in [0.2, 0.25) is 5.02 Å². The molecule has 0 amide bonds. The van der Waals surface area contributed by atoms with Crippen LogP contribution < -0.4 is 0 Å². The van der Waals surface area contributed by atoms with E-state index in [1.807, 2.05) is 30.3 Å². The summed E-state index contributed by atoms with van der Waals surface area (Å²) in [7, 11) is 0. The molecule has 0 fully saturated rings. The van der Waals surface area contributed by atoms with E-state index in [9.17, 15) is 0 Å². The fraction of sp³-hybridized carbons (Fsp3) is 0.133. The van der Waals surface area contributed by atoms with Crippen molar-refractivity contribution in [2.45, 2.75) is 13.3 Å². The number of rotatable bonds is 2. The van der Waals surface area contributed by atoms with Crippen LogP contribution in [0.5, 0.6) is 0 Å². The number of aromatic nitrogens is 1. The molecule has 3 rings (SSSR count). The molecule has 2 nitrogen and oxygen atoms in total. The van der Waals surface area contributed by atoms with E-state index in [0.717, 1.165) is 33.7 Å². The number of hydrogen-bond donors (Lipinski definition) is 0. The smallest absolute Gasteiger partial charge is 0.167 e. The highest BCUT2D eigenvalue weighted by Gasteiger charge is 2.10. The Morgan fingerprint density at radius 2 is 1.89 bits per heavy atom. The van der Waals surface area contributed by atoms with E-state index < -0.39 is 0 Å². The zero-order chi connectivity index (χ0) is 12.5. The highest BCUT2D eigenvalue weighted by atomic mass is 35.5. The molecule has 0 aliphatic heterocycles. The van der Waals surface area contributed by atoms with Crippen LogP contribution in [-0.2, 0) is 6.42 Å². The van der Waals surface area contributed by atoms with E-state index in [0.29, 0.717) is 0 Å². The predicted molar refractivity (Wildman–Crippen MR) is 73.8 cm³/mol. The fourth-order valence-corrected chi connectivity index (χ4v) is 2.14. The summed E-state index contributed by atoms with van der Waals surface area (Å²) in [6, 6.07) is 13.8. The normalized spacial score (nSPS) is 11.0. The van der Waals surface area contributed by atoms with E-state index in [1.54, 1.807) is 0 Å². The molecule has 3 heteroatoms. The van der Waals surface area contributed by atoms with Gasteiger partial charge in [-0.3, -0.25) is 0 Å². The number of fused-ring (bicyclic) bond motifs is 1. The second-order valence-corrected chi connectivity index (χ2v) is 4.66. The maximum Gasteiger partial charge on any atom is 0.167 e. The molecule has 0 radical (unpaired) electrons. The van der Waals surface area contributed by atoms with Crippen LogP contribution in [0.25, 0.3) is 22.2 Å². The molecule has 0 bridgehead atoms. The van der Waals surface area contributed by atoms with Crippen LogP contribution in [0.4, 0.5) is 0 Å². The predicted octanol–water partition coefficient (Wildman–Crippen LogP) is 4.71. The summed E-state index contributed by atoms with van der Waals surface area (Å²) in [5.41, 5.74) is 3.97. The monoisotopic (exact) mass is 257 g/mol. The summed E-state index contributed by atoms with van der Waals surface area (Å²) in [5.74, 6) is 0. The van der Waals surface area contributed by atoms with E-state index in [1.165, 1.54) is 5.56 Å². The van der Waals surface area contributed by atoms with Gasteiger partial charge in [0.1, 0.15) is 5.69 Å². The Balaban J connectivity index is 2.15. The third-order valence-electron chi connectivity index (χ3n) is 3.06. The number of halogens is 1. The lowest BCUT2D eigenvalue weighted by Gasteiger charge is -1.98. The standard InChI is InChI=1S/C15H12ClNO/c1-2-10-3-8-13-14(9-10)18-17-15(13)11-4-6-12(16)7-5-11/h3-9H,2H2,1H3. The van der Waals surface area contributed by atoms with Gasteiger partial charge in [0.2, 0.25) is 0 Å². The number of benzene rings is 2. The Labute approximate surface area is 110 Å². The van der Waals surface area contributed by atoms with Crippen molar-refractivity contribution in [1.29, 1.82) is 0 Å². The Hall–Kier alpha value is -1.80. The van der Waals surface area contributed by atoms with Crippen LogP contribution >= 0.6 is 11.6 Å². The first-order chi connectivity index (χ1) is 8.78. The molecule has 0 saturated carbocycles. The molecule has 0 N–H and O–H groups in total. The average molecular weight is 258 g/mol. The van der Waals surface area contributed by atoms with E-state index in [-0.39, 0.29) is 0 Å². The summed E-state index contributed by atoms with van der Waals surface area (Å²) in [6.07, 6.45) is 0.993. The van der Waals surface area contributed by atoms with E-state index in [2.05, 4.69) is 24.2 Å². The van der Waals surface area contributed by atoms with Crippen LogP contribution in [0.1, 0.15) is 12.5 Å². The summed E-state index contributed by atoms with van der Waals surface area (Å²) >= 11 is 5.89. The first-order valence-corrected chi connectivity index (χ1v) is 6.30. The Morgan fingerprint density at radius 3 is 2.61 bits per heavy atom. The Kier molecular flexibility index (Phi) is 2.80. The van der Waals surface area contributed by atoms with Crippen LogP contribution in [-0.4, -0.2) is 5.16 Å². The summed E-state index contributed by atoms with van der Waals surface area (Å²) < 4.78 is 5.39. The molecule has 0 atom stereocenters. The minimum Gasteiger partial charge on any atom is -0.356 e. The first kappa shape index (κ1) is 11.3. The van der Waals surface area contributed by atoms with E-state index in [4.69, 9.17) is 16.1 Å². The van der Waals surface area contributed by atoms with Crippen molar-refractivity contribution in [1.82, 2.24) is 5.16 Å². The molecule has 1 aromatic heterocycles. The van der Waals surface area contributed by atoms with Gasteiger partial charge in [-0.15, -0.1) is 0 Å². The van der Waals surface area contributed by atoms with Gasteiger partial charge < -0.3 is 4.52 Å². The van der Waals surface area contributed by atoms with Crippen molar-refractivity contribution in [3.8, 4) is 11.3 Å². The van der Waals surface area contributed by atoms with Gasteiger partial charge in [0.05, 0.1) is 0 Å². The molecular weight excluding hydrogens is 246 g/mol. The van der Waals surface area contributed by atoms with Gasteiger partial charge in [0.25, 0.3) is 0 Å². The molecule has 0 unspecified atom stereocenters. The van der Waals surface area contributed by atoms with Crippen LogP contribution in [0.3, 0.4) is 0 Å². The van der Waals surface area contributed by atoms with Crippen molar-refractivity contribution in [3.05, 3.63) is 53.1 Å². The zero-order valence-electron chi connectivity index (χ0n) is 9.98. The van der Waals surface area contributed by atoms with Crippen molar-refractivity contribution in [2.24, 2.45) is 0 Å². The van der Waals surface area contributed by atoms with Crippen molar-refractivity contribution in [2.75, 3.05) is 0 Å². The van der Waals surface area contributed by atoms with Crippen LogP contribution in [0, 0.1) is 0 Å². The average Bonchev–Trinajstić information content (AvgIpc) is 2.82. The molecule has 90 valence electrons. The lowest BCUT2D eigenvalue weighted by atomic mass is 10.1. The maximum atomic E-state index is 5.89. The summed E-state index contributed by atoms with van der Waals surface area (Å²) in [4.78, 5) is 0. The lowest BCUT2D eigenvalue weighted by Crippen LogP contribution is -1.80. The molecular formula is C15H12ClNO. The molecule has 18 heavy (non-hydrogen) atoms. The van der Waals surface area contributed by atoms with Gasteiger partial charge in [0, 0.05) is 16.0 Å². The fourth-order valence-electron chi connectivity index (χ4n) is 2.02. The van der Waals surface area contributed by atoms with Crippen molar-refractivity contribution in [3.63, 3.8) is 0 Å². The molecule has 0 spiro atoms. The topological polar surface area (TPSA) is 26.0 Å². The van der Waals surface area contributed by atoms with Crippen molar-refractivity contribution < 1.29 is 4.52 Å². The van der Waals surface area contributed by atoms with E-state index >= 15 is 0 Å². The lowest BCUT2D eigenvalue weighted by molar-refractivity contribution is 0.459. The van der Waals surface area contributed by atoms with Gasteiger partial charge in [0.15, 0.2) is 5.58 Å². The molecule has 1 heterocycles. The summed E-state index contributed by atoms with van der Waals surface area (Å²) in [5, 5.41) is 5.91. The molecule has 0 aliphatic rings. The molecule has 0 saturated heterocycles. The second-order valence-electron chi connectivity index (χ2n) is 4.22. The van der Waals surface area contributed by atoms with Gasteiger partial charge >= 0.3 is 0 Å². The highest BCUT2D eigenvalue weighted by molar-refractivity contribution is 6.30. The van der Waals surface area contributed by atoms with Gasteiger partial charge in [-0.05, 0) is 36.2 Å². The zero-order valence-corrected chi connectivity index (χ0v) is 10.7. The SMILES string of the molecule is CCc1ccc2c(-c3ccc(Cl)cc3)noc2c1. The quantitative estimate of drug-likeness (QED) is 0.664. The largest absolute Gasteiger partial charge is 0.356 e. The van der Waals surface area contributed by atoms with Gasteiger partial charge in [-0.25, -0.2) is 0 Å². The van der Waals surface area contributed by atoms with Crippen molar-refractivity contribution >= 4 is 22.6 Å². The first-order valence-electron chi connectivity index (χ1n) is 5.92. The molecule has 0 aliphatic carbocycles. The molecule has 3 aromatic rings. The molecule has 2 aromatic carbocycles. The van der Waals surface area contributed by atoms with Crippen LogP contribution in [0.15, 0.2) is 47.0 Å². The number of nitrogens with zero attached hydrogens (tertiary/aromatic N) is 1. The second kappa shape index (κ2) is 4.46. The maximum absolute atomic E-state index is 5.89. The van der Waals surface area contributed by atoms with Gasteiger partial charge in [-0.1, -0.05) is 41.9 Å². The Morgan fingerprint density at radius 1 is 1.11 bits per heavy atom. The third kappa shape index (κ3) is 1.89. The summed E-state index contributed by atoms with van der Waals surface area (Å²) in [6.45, 7) is 2.12. The third-order valence-corrected chi connectivity index (χ3v) is 3.31. The van der Waals surface area contributed by atoms with Gasteiger partial charge in [-0.2, -0.15) is 0 Å². The minimum absolute atomic E-state index is 0.722. The minimum atomic E-state index is 0.722. The highest BCUT2D eigenvalue weighted by Crippen LogP contribution is 2.29. The number of aryl methyl sites for hydroxylation is 1. The Bertz CT molecular complexity index is 685. The number of hydrogen-bond acceptors (Lipinski definition) is 2.